The lowest BCUT2D eigenvalue weighted by Crippen LogP contribution is -2.12. The van der Waals surface area contributed by atoms with E-state index in [-0.39, 0.29) is 11.9 Å². The number of hydrogen-bond donors (Lipinski definition) is 1. The average Bonchev–Trinajstić information content (AvgIpc) is 2.61. The Bertz CT molecular complexity index is 772. The summed E-state index contributed by atoms with van der Waals surface area (Å²) in [7, 11) is 0. The minimum absolute atomic E-state index is 0.245. The number of benzene rings is 2. The normalized spacial score (nSPS) is 10.5. The van der Waals surface area contributed by atoms with Crippen LogP contribution in [0.5, 0.6) is 5.75 Å². The number of rotatable bonds is 7. The molecule has 0 aliphatic heterocycles. The average molecular weight is 420 g/mol. The number of halogens is 1. The van der Waals surface area contributed by atoms with Gasteiger partial charge in [-0.25, -0.2) is 4.79 Å². The summed E-state index contributed by atoms with van der Waals surface area (Å²) >= 11 is 3.43. The van der Waals surface area contributed by atoms with Gasteiger partial charge < -0.3 is 14.8 Å². The van der Waals surface area contributed by atoms with Crippen molar-refractivity contribution in [2.75, 3.05) is 18.5 Å². The van der Waals surface area contributed by atoms with Crippen LogP contribution >= 0.6 is 15.9 Å². The maximum atomic E-state index is 12.4. The van der Waals surface area contributed by atoms with Crippen molar-refractivity contribution in [2.24, 2.45) is 5.92 Å². The SMILES string of the molecule is CCOC(=O)c1ccc(NC(=O)c2ccc(OCC(C)C)c(Br)c2)cc1. The van der Waals surface area contributed by atoms with Crippen molar-refractivity contribution in [1.82, 2.24) is 0 Å². The molecule has 0 heterocycles. The van der Waals surface area contributed by atoms with Crippen LogP contribution in [-0.2, 0) is 4.74 Å². The van der Waals surface area contributed by atoms with Crippen LogP contribution in [0.2, 0.25) is 0 Å². The van der Waals surface area contributed by atoms with Crippen LogP contribution in [0.3, 0.4) is 0 Å². The minimum Gasteiger partial charge on any atom is -0.492 e. The maximum absolute atomic E-state index is 12.4. The first-order chi connectivity index (χ1) is 12.4. The van der Waals surface area contributed by atoms with E-state index in [4.69, 9.17) is 9.47 Å². The van der Waals surface area contributed by atoms with Crippen LogP contribution in [0.15, 0.2) is 46.9 Å². The molecule has 0 atom stereocenters. The molecule has 2 aromatic rings. The van der Waals surface area contributed by atoms with E-state index in [9.17, 15) is 9.59 Å². The Hall–Kier alpha value is -2.34. The first-order valence-electron chi connectivity index (χ1n) is 8.41. The number of hydrogen-bond acceptors (Lipinski definition) is 4. The second-order valence-corrected chi connectivity index (χ2v) is 6.96. The molecule has 0 radical (unpaired) electrons. The summed E-state index contributed by atoms with van der Waals surface area (Å²) in [6, 6.07) is 11.8. The molecule has 26 heavy (non-hydrogen) atoms. The highest BCUT2D eigenvalue weighted by atomic mass is 79.9. The predicted octanol–water partition coefficient (Wildman–Crippen LogP) is 4.91. The molecular formula is C20H22BrNO4. The molecule has 0 aliphatic carbocycles. The van der Waals surface area contributed by atoms with Crippen LogP contribution in [0, 0.1) is 5.92 Å². The Morgan fingerprint density at radius 1 is 1.08 bits per heavy atom. The maximum Gasteiger partial charge on any atom is 0.338 e. The van der Waals surface area contributed by atoms with E-state index in [2.05, 4.69) is 35.1 Å². The number of amides is 1. The second kappa shape index (κ2) is 9.38. The number of esters is 1. The molecule has 6 heteroatoms. The summed E-state index contributed by atoms with van der Waals surface area (Å²) in [4.78, 5) is 24.0. The monoisotopic (exact) mass is 419 g/mol. The van der Waals surface area contributed by atoms with Gasteiger partial charge in [0, 0.05) is 11.3 Å². The molecule has 0 aromatic heterocycles. The summed E-state index contributed by atoms with van der Waals surface area (Å²) in [5, 5.41) is 2.80. The highest BCUT2D eigenvalue weighted by Gasteiger charge is 2.11. The van der Waals surface area contributed by atoms with Crippen molar-refractivity contribution in [3.05, 3.63) is 58.1 Å². The van der Waals surface area contributed by atoms with Gasteiger partial charge in [0.05, 0.1) is 23.2 Å². The van der Waals surface area contributed by atoms with Gasteiger partial charge in [-0.15, -0.1) is 0 Å². The second-order valence-electron chi connectivity index (χ2n) is 6.10. The molecule has 0 unspecified atom stereocenters. The predicted molar refractivity (Wildman–Crippen MR) is 105 cm³/mol. The van der Waals surface area contributed by atoms with Gasteiger partial charge in [0.2, 0.25) is 0 Å². The fraction of sp³-hybridized carbons (Fsp3) is 0.300. The fourth-order valence-corrected chi connectivity index (χ4v) is 2.62. The number of carbonyl (C=O) groups is 2. The molecule has 1 amide bonds. The van der Waals surface area contributed by atoms with Crippen molar-refractivity contribution in [2.45, 2.75) is 20.8 Å². The molecule has 0 aliphatic rings. The third-order valence-corrected chi connectivity index (χ3v) is 4.04. The van der Waals surface area contributed by atoms with E-state index >= 15 is 0 Å². The first-order valence-corrected chi connectivity index (χ1v) is 9.21. The summed E-state index contributed by atoms with van der Waals surface area (Å²) < 4.78 is 11.3. The largest absolute Gasteiger partial charge is 0.492 e. The van der Waals surface area contributed by atoms with Crippen molar-refractivity contribution >= 4 is 33.5 Å². The van der Waals surface area contributed by atoms with Crippen LogP contribution in [0.4, 0.5) is 5.69 Å². The van der Waals surface area contributed by atoms with E-state index in [0.717, 1.165) is 4.47 Å². The Balaban J connectivity index is 2.03. The van der Waals surface area contributed by atoms with Crippen molar-refractivity contribution in [3.8, 4) is 5.75 Å². The van der Waals surface area contributed by atoms with Gasteiger partial charge >= 0.3 is 5.97 Å². The van der Waals surface area contributed by atoms with Crippen molar-refractivity contribution in [1.29, 1.82) is 0 Å². The first kappa shape index (κ1) is 20.0. The molecule has 2 aromatic carbocycles. The molecule has 0 saturated carbocycles. The third kappa shape index (κ3) is 5.59. The summed E-state index contributed by atoms with van der Waals surface area (Å²) in [6.45, 7) is 6.83. The molecule has 0 saturated heterocycles. The topological polar surface area (TPSA) is 64.6 Å². The van der Waals surface area contributed by atoms with E-state index in [1.54, 1.807) is 49.4 Å². The van der Waals surface area contributed by atoms with Crippen molar-refractivity contribution < 1.29 is 19.1 Å². The standard InChI is InChI=1S/C20H22BrNO4/c1-4-25-20(24)14-5-8-16(9-6-14)22-19(23)15-7-10-18(17(21)11-15)26-12-13(2)3/h5-11,13H,4,12H2,1-3H3,(H,22,23). The van der Waals surface area contributed by atoms with Crippen LogP contribution in [0.25, 0.3) is 0 Å². The highest BCUT2D eigenvalue weighted by molar-refractivity contribution is 9.10. The van der Waals surface area contributed by atoms with Gasteiger partial charge in [-0.2, -0.15) is 0 Å². The molecule has 138 valence electrons. The molecule has 0 spiro atoms. The third-order valence-electron chi connectivity index (χ3n) is 3.42. The summed E-state index contributed by atoms with van der Waals surface area (Å²) in [5.74, 6) is 0.493. The Morgan fingerprint density at radius 2 is 1.73 bits per heavy atom. The molecular weight excluding hydrogens is 398 g/mol. The van der Waals surface area contributed by atoms with Gasteiger partial charge in [-0.05, 0) is 71.2 Å². The Morgan fingerprint density at radius 3 is 2.31 bits per heavy atom. The lowest BCUT2D eigenvalue weighted by atomic mass is 10.1. The van der Waals surface area contributed by atoms with Gasteiger partial charge in [-0.1, -0.05) is 13.8 Å². The number of nitrogens with one attached hydrogen (secondary N) is 1. The van der Waals surface area contributed by atoms with Crippen LogP contribution in [-0.4, -0.2) is 25.1 Å². The zero-order chi connectivity index (χ0) is 19.1. The van der Waals surface area contributed by atoms with Crippen LogP contribution < -0.4 is 10.1 Å². The van der Waals surface area contributed by atoms with Crippen molar-refractivity contribution in [3.63, 3.8) is 0 Å². The number of ether oxygens (including phenoxy) is 2. The zero-order valence-electron chi connectivity index (χ0n) is 15.0. The highest BCUT2D eigenvalue weighted by Crippen LogP contribution is 2.27. The lowest BCUT2D eigenvalue weighted by molar-refractivity contribution is 0.0526. The van der Waals surface area contributed by atoms with Crippen LogP contribution in [0.1, 0.15) is 41.5 Å². The summed E-state index contributed by atoms with van der Waals surface area (Å²) in [6.07, 6.45) is 0. The Labute approximate surface area is 161 Å². The minimum atomic E-state index is -0.383. The zero-order valence-corrected chi connectivity index (χ0v) is 16.6. The number of carbonyl (C=O) groups excluding carboxylic acids is 2. The molecule has 0 bridgehead atoms. The summed E-state index contributed by atoms with van der Waals surface area (Å²) in [5.41, 5.74) is 1.54. The van der Waals surface area contributed by atoms with E-state index < -0.39 is 0 Å². The van der Waals surface area contributed by atoms with Gasteiger partial charge in [0.1, 0.15) is 5.75 Å². The van der Waals surface area contributed by atoms with Gasteiger partial charge in [0.15, 0.2) is 0 Å². The van der Waals surface area contributed by atoms with E-state index in [1.165, 1.54) is 0 Å². The fourth-order valence-electron chi connectivity index (χ4n) is 2.12. The quantitative estimate of drug-likeness (QED) is 0.647. The van der Waals surface area contributed by atoms with Gasteiger partial charge in [0.25, 0.3) is 5.91 Å². The number of anilines is 1. The van der Waals surface area contributed by atoms with E-state index in [1.807, 2.05) is 0 Å². The molecule has 0 fully saturated rings. The molecule has 5 nitrogen and oxygen atoms in total. The molecule has 2 rings (SSSR count). The smallest absolute Gasteiger partial charge is 0.338 e. The Kier molecular flexibility index (Phi) is 7.21. The lowest BCUT2D eigenvalue weighted by Gasteiger charge is -2.12. The van der Waals surface area contributed by atoms with E-state index in [0.29, 0.717) is 41.7 Å². The van der Waals surface area contributed by atoms with Gasteiger partial charge in [-0.3, -0.25) is 4.79 Å². The molecule has 1 N–H and O–H groups in total.